The van der Waals surface area contributed by atoms with Crippen molar-refractivity contribution in [1.82, 2.24) is 0 Å². The molecule has 0 saturated carbocycles. The quantitative estimate of drug-likeness (QED) is 0.305. The minimum atomic E-state index is 1.01. The van der Waals surface area contributed by atoms with E-state index in [4.69, 9.17) is 6.42 Å². The first-order chi connectivity index (χ1) is 5.91. The molecule has 0 aliphatic heterocycles. The number of rotatable bonds is 7. The molecule has 0 spiro atoms. The Labute approximate surface area is 77.1 Å². The standard InChI is InChI=1S/C12H19/c1-3-5-7-9-11-12-10-8-6-4-2/h1,5,11-12H,4,6-10H2,2H3/b12-11-. The van der Waals surface area contributed by atoms with E-state index in [0.29, 0.717) is 0 Å². The summed E-state index contributed by atoms with van der Waals surface area (Å²) in [5, 5.41) is 0. The maximum Gasteiger partial charge on any atom is 0.0340 e. The molecule has 0 bridgehead atoms. The van der Waals surface area contributed by atoms with Crippen LogP contribution in [0.1, 0.15) is 45.4 Å². The average Bonchev–Trinajstić information content (AvgIpc) is 2.10. The topological polar surface area (TPSA) is 0 Å². The Morgan fingerprint density at radius 2 is 1.83 bits per heavy atom. The van der Waals surface area contributed by atoms with Crippen LogP contribution in [-0.2, 0) is 0 Å². The van der Waals surface area contributed by atoms with Crippen LogP contribution in [0.5, 0.6) is 0 Å². The van der Waals surface area contributed by atoms with Gasteiger partial charge in [-0.15, -0.1) is 12.3 Å². The number of allylic oxidation sites excluding steroid dienone is 2. The highest BCUT2D eigenvalue weighted by Crippen LogP contribution is 2.01. The molecule has 1 radical (unpaired) electrons. The molecule has 0 aliphatic rings. The smallest absolute Gasteiger partial charge is 0.0340 e. The van der Waals surface area contributed by atoms with Gasteiger partial charge in [0.1, 0.15) is 0 Å². The van der Waals surface area contributed by atoms with Crippen LogP contribution < -0.4 is 0 Å². The van der Waals surface area contributed by atoms with E-state index < -0.39 is 0 Å². The van der Waals surface area contributed by atoms with Gasteiger partial charge >= 0.3 is 0 Å². The minimum Gasteiger partial charge on any atom is -0.120 e. The first kappa shape index (κ1) is 11.3. The molecule has 0 amide bonds. The van der Waals surface area contributed by atoms with Gasteiger partial charge in [0.15, 0.2) is 0 Å². The van der Waals surface area contributed by atoms with Crippen molar-refractivity contribution in [1.29, 1.82) is 0 Å². The zero-order chi connectivity index (χ0) is 9.07. The normalized spacial score (nSPS) is 10.3. The first-order valence-electron chi connectivity index (χ1n) is 4.84. The highest BCUT2D eigenvalue weighted by atomic mass is 13.9. The third-order valence-electron chi connectivity index (χ3n) is 1.74. The van der Waals surface area contributed by atoms with Gasteiger partial charge in [-0.25, -0.2) is 0 Å². The fourth-order valence-corrected chi connectivity index (χ4v) is 1.01. The van der Waals surface area contributed by atoms with E-state index >= 15 is 0 Å². The summed E-state index contributed by atoms with van der Waals surface area (Å²) in [5.74, 6) is 2.52. The second kappa shape index (κ2) is 10.3. The highest BCUT2D eigenvalue weighted by Gasteiger charge is 1.82. The molecule has 0 heterocycles. The van der Waals surface area contributed by atoms with Gasteiger partial charge < -0.3 is 0 Å². The van der Waals surface area contributed by atoms with Crippen molar-refractivity contribution in [3.63, 3.8) is 0 Å². The minimum absolute atomic E-state index is 1.01. The molecule has 0 aromatic heterocycles. The molecule has 0 saturated heterocycles. The highest BCUT2D eigenvalue weighted by molar-refractivity contribution is 5.01. The van der Waals surface area contributed by atoms with Gasteiger partial charge in [-0.3, -0.25) is 0 Å². The lowest BCUT2D eigenvalue weighted by Gasteiger charge is -1.91. The summed E-state index contributed by atoms with van der Waals surface area (Å²) >= 11 is 0. The third-order valence-corrected chi connectivity index (χ3v) is 1.74. The maximum absolute atomic E-state index is 5.08. The van der Waals surface area contributed by atoms with Gasteiger partial charge in [-0.2, -0.15) is 0 Å². The van der Waals surface area contributed by atoms with Crippen LogP contribution in [0.3, 0.4) is 0 Å². The predicted octanol–water partition coefficient (Wildman–Crippen LogP) is 3.74. The monoisotopic (exact) mass is 163 g/mol. The van der Waals surface area contributed by atoms with Crippen molar-refractivity contribution in [3.8, 4) is 12.3 Å². The van der Waals surface area contributed by atoms with Gasteiger partial charge in [0, 0.05) is 6.42 Å². The third kappa shape index (κ3) is 9.30. The van der Waals surface area contributed by atoms with Crippen molar-refractivity contribution in [3.05, 3.63) is 18.6 Å². The lowest BCUT2D eigenvalue weighted by molar-refractivity contribution is 0.728. The summed E-state index contributed by atoms with van der Waals surface area (Å²) < 4.78 is 0. The van der Waals surface area contributed by atoms with E-state index in [1.165, 1.54) is 25.7 Å². The van der Waals surface area contributed by atoms with Crippen molar-refractivity contribution in [2.24, 2.45) is 0 Å². The fourth-order valence-electron chi connectivity index (χ4n) is 1.01. The van der Waals surface area contributed by atoms with E-state index in [1.54, 1.807) is 0 Å². The second-order valence-electron chi connectivity index (χ2n) is 2.92. The van der Waals surface area contributed by atoms with Crippen LogP contribution in [0.25, 0.3) is 0 Å². The van der Waals surface area contributed by atoms with Gasteiger partial charge in [-0.1, -0.05) is 31.9 Å². The maximum atomic E-state index is 5.08. The van der Waals surface area contributed by atoms with E-state index in [1.807, 2.05) is 6.42 Å². The van der Waals surface area contributed by atoms with Crippen molar-refractivity contribution < 1.29 is 0 Å². The van der Waals surface area contributed by atoms with E-state index in [0.717, 1.165) is 12.8 Å². The Balaban J connectivity index is 2.99. The van der Waals surface area contributed by atoms with Crippen molar-refractivity contribution in [2.45, 2.75) is 45.4 Å². The molecule has 12 heavy (non-hydrogen) atoms. The molecule has 0 rings (SSSR count). The molecule has 0 atom stereocenters. The fraction of sp³-hybridized carbons (Fsp3) is 0.583. The SMILES string of the molecule is C#C[CH]CC/C=C\CCCCC. The van der Waals surface area contributed by atoms with E-state index in [2.05, 4.69) is 25.0 Å². The average molecular weight is 163 g/mol. The number of hydrogen-bond acceptors (Lipinski definition) is 0. The van der Waals surface area contributed by atoms with Crippen LogP contribution in [0.4, 0.5) is 0 Å². The van der Waals surface area contributed by atoms with Crippen LogP contribution >= 0.6 is 0 Å². The largest absolute Gasteiger partial charge is 0.120 e. The molecule has 0 N–H and O–H groups in total. The molecule has 67 valence electrons. The summed E-state index contributed by atoms with van der Waals surface area (Å²) in [4.78, 5) is 0. The number of unbranched alkanes of at least 4 members (excludes halogenated alkanes) is 5. The summed E-state index contributed by atoms with van der Waals surface area (Å²) in [6.45, 7) is 2.23. The Bertz CT molecular complexity index is 137. The molecule has 0 unspecified atom stereocenters. The zero-order valence-electron chi connectivity index (χ0n) is 8.05. The van der Waals surface area contributed by atoms with Gasteiger partial charge in [0.05, 0.1) is 0 Å². The Morgan fingerprint density at radius 1 is 1.08 bits per heavy atom. The molecule has 0 aliphatic carbocycles. The van der Waals surface area contributed by atoms with E-state index in [-0.39, 0.29) is 0 Å². The first-order valence-corrected chi connectivity index (χ1v) is 4.84. The van der Waals surface area contributed by atoms with E-state index in [9.17, 15) is 0 Å². The zero-order valence-corrected chi connectivity index (χ0v) is 8.05. The van der Waals surface area contributed by atoms with Crippen LogP contribution in [0.2, 0.25) is 0 Å². The van der Waals surface area contributed by atoms with Crippen LogP contribution in [-0.4, -0.2) is 0 Å². The van der Waals surface area contributed by atoms with Crippen LogP contribution in [0, 0.1) is 18.8 Å². The second-order valence-corrected chi connectivity index (χ2v) is 2.92. The molecule has 0 nitrogen and oxygen atoms in total. The molecular formula is C12H19. The van der Waals surface area contributed by atoms with Gasteiger partial charge in [0.25, 0.3) is 0 Å². The summed E-state index contributed by atoms with van der Waals surface area (Å²) in [7, 11) is 0. The van der Waals surface area contributed by atoms with Gasteiger partial charge in [-0.05, 0) is 25.7 Å². The number of hydrogen-bond donors (Lipinski definition) is 0. The predicted molar refractivity (Wildman–Crippen MR) is 55.6 cm³/mol. The van der Waals surface area contributed by atoms with Crippen molar-refractivity contribution >= 4 is 0 Å². The lowest BCUT2D eigenvalue weighted by atomic mass is 10.2. The summed E-state index contributed by atoms with van der Waals surface area (Å²) in [5.41, 5.74) is 0. The number of terminal acetylenes is 1. The molecule has 0 heteroatoms. The van der Waals surface area contributed by atoms with Crippen LogP contribution in [0.15, 0.2) is 12.2 Å². The molecule has 0 fully saturated rings. The molecule has 0 aromatic rings. The molecular weight excluding hydrogens is 144 g/mol. The Hall–Kier alpha value is -0.700. The Kier molecular flexibility index (Phi) is 9.70. The lowest BCUT2D eigenvalue weighted by Crippen LogP contribution is -1.72. The Morgan fingerprint density at radius 3 is 2.50 bits per heavy atom. The van der Waals surface area contributed by atoms with Crippen molar-refractivity contribution in [2.75, 3.05) is 0 Å². The molecule has 0 aromatic carbocycles. The summed E-state index contributed by atoms with van der Waals surface area (Å²) in [6, 6.07) is 0. The van der Waals surface area contributed by atoms with Gasteiger partial charge in [0.2, 0.25) is 0 Å². The summed E-state index contributed by atoms with van der Waals surface area (Å²) in [6.07, 6.45) is 18.8.